The molecular formula is C73H112F3N15O21. The first kappa shape index (κ1) is 92.8. The van der Waals surface area contributed by atoms with Crippen LogP contribution in [0.5, 0.6) is 5.75 Å². The second-order valence-electron chi connectivity index (χ2n) is 29.1. The summed E-state index contributed by atoms with van der Waals surface area (Å²) < 4.78 is 31.7. The van der Waals surface area contributed by atoms with Gasteiger partial charge in [-0.1, -0.05) is 77.8 Å². The predicted octanol–water partition coefficient (Wildman–Crippen LogP) is -1.64. The average Bonchev–Trinajstić information content (AvgIpc) is 1.63. The van der Waals surface area contributed by atoms with Gasteiger partial charge in [-0.2, -0.15) is 13.2 Å². The van der Waals surface area contributed by atoms with E-state index >= 15 is 9.59 Å². The van der Waals surface area contributed by atoms with E-state index in [1.165, 1.54) is 50.8 Å². The lowest BCUT2D eigenvalue weighted by molar-refractivity contribution is -0.192. The number of halogens is 3. The van der Waals surface area contributed by atoms with Gasteiger partial charge in [-0.15, -0.1) is 0 Å². The molecule has 0 radical (unpaired) electrons. The largest absolute Gasteiger partial charge is 0.508 e. The number of phenolic OH excluding ortho intramolecular Hbond substituents is 1. The first-order valence-electron chi connectivity index (χ1n) is 38.5. The van der Waals surface area contributed by atoms with Gasteiger partial charge in [-0.25, -0.2) is 4.79 Å². The number of carboxylic acid groups (broad SMARTS) is 2. The molecule has 0 aliphatic carbocycles. The van der Waals surface area contributed by atoms with Crippen LogP contribution in [0, 0.1) is 5.92 Å². The normalized spacial score (nSPS) is 26.9. The van der Waals surface area contributed by atoms with Crippen molar-refractivity contribution in [3.05, 3.63) is 29.8 Å². The first-order valence-corrected chi connectivity index (χ1v) is 38.5. The molecule has 5 heterocycles. The van der Waals surface area contributed by atoms with Crippen molar-refractivity contribution in [3.63, 3.8) is 0 Å². The summed E-state index contributed by atoms with van der Waals surface area (Å²) in [4.78, 5) is 228. The third-order valence-electron chi connectivity index (χ3n) is 20.6. The van der Waals surface area contributed by atoms with Crippen LogP contribution in [-0.2, 0) is 83.1 Å². The highest BCUT2D eigenvalue weighted by Crippen LogP contribution is 2.30. The van der Waals surface area contributed by atoms with Crippen LogP contribution >= 0.6 is 0 Å². The average molecular weight is 1590 g/mol. The number of aromatic hydroxyl groups is 1. The van der Waals surface area contributed by atoms with Crippen LogP contribution in [-0.4, -0.2) is 270 Å². The van der Waals surface area contributed by atoms with Crippen molar-refractivity contribution in [1.29, 1.82) is 0 Å². The first-order chi connectivity index (χ1) is 53.0. The maximum Gasteiger partial charge on any atom is 0.490 e. The van der Waals surface area contributed by atoms with Crippen molar-refractivity contribution < 1.29 is 115 Å². The number of alkyl halides is 3. The van der Waals surface area contributed by atoms with E-state index in [9.17, 15) is 95.9 Å². The molecule has 18 N–H and O–H groups in total. The fraction of sp³-hybridized carbons (Fsp3) is 0.699. The lowest BCUT2D eigenvalue weighted by Crippen LogP contribution is -2.62. The minimum absolute atomic E-state index is 0.00909. The molecule has 0 spiro atoms. The lowest BCUT2D eigenvalue weighted by Gasteiger charge is -2.35. The van der Waals surface area contributed by atoms with Gasteiger partial charge < -0.3 is 104 Å². The highest BCUT2D eigenvalue weighted by atomic mass is 19.4. The Morgan fingerprint density at radius 2 is 0.884 bits per heavy atom. The molecule has 112 heavy (non-hydrogen) atoms. The van der Waals surface area contributed by atoms with Gasteiger partial charge in [0.15, 0.2) is 0 Å². The number of hydrogen-bond donors (Lipinski definition) is 16. The van der Waals surface area contributed by atoms with Crippen molar-refractivity contribution >= 4 is 94.6 Å². The number of rotatable bonds is 23. The van der Waals surface area contributed by atoms with E-state index in [1.54, 1.807) is 13.8 Å². The van der Waals surface area contributed by atoms with E-state index in [-0.39, 0.29) is 96.3 Å². The van der Waals surface area contributed by atoms with Crippen LogP contribution < -0.4 is 59.3 Å². The van der Waals surface area contributed by atoms with Crippen LogP contribution in [0.15, 0.2) is 24.3 Å². The number of benzene rings is 1. The number of carbonyl (C=O) groups excluding carboxylic acids is 14. The number of hydrogen-bond acceptors (Lipinski definition) is 20. The number of aliphatic hydroxyl groups excluding tert-OH is 2. The second-order valence-corrected chi connectivity index (χ2v) is 29.1. The lowest BCUT2D eigenvalue weighted by atomic mass is 9.96. The van der Waals surface area contributed by atoms with Crippen molar-refractivity contribution in [3.8, 4) is 5.75 Å². The molecule has 1 aromatic rings. The summed E-state index contributed by atoms with van der Waals surface area (Å²) in [6.07, 6.45) is -1.79. The minimum atomic E-state index is -5.08. The second kappa shape index (κ2) is 45.0. The molecule has 36 nitrogen and oxygen atoms in total. The van der Waals surface area contributed by atoms with Crippen LogP contribution in [0.3, 0.4) is 0 Å². The number of unbranched alkanes of at least 4 members (excludes halogenated alkanes) is 6. The number of aliphatic carboxylic acids is 2. The number of aliphatic hydroxyl groups is 2. The zero-order chi connectivity index (χ0) is 83.3. The van der Waals surface area contributed by atoms with Gasteiger partial charge in [0, 0.05) is 45.4 Å². The van der Waals surface area contributed by atoms with E-state index in [0.717, 1.165) is 32.6 Å². The van der Waals surface area contributed by atoms with Gasteiger partial charge in [-0.3, -0.25) is 71.9 Å². The monoisotopic (exact) mass is 1590 g/mol. The highest BCUT2D eigenvalue weighted by Gasteiger charge is 2.48. The number of phenols is 1. The Bertz CT molecular complexity index is 3470. The Morgan fingerprint density at radius 3 is 1.33 bits per heavy atom. The van der Waals surface area contributed by atoms with Crippen molar-refractivity contribution in [2.24, 2.45) is 17.4 Å². The van der Waals surface area contributed by atoms with E-state index in [1.807, 2.05) is 6.92 Å². The molecule has 626 valence electrons. The van der Waals surface area contributed by atoms with Crippen LogP contribution in [0.1, 0.15) is 188 Å². The maximum absolute atomic E-state index is 15.3. The Kier molecular flexibility index (Phi) is 37.3. The molecule has 5 saturated heterocycles. The van der Waals surface area contributed by atoms with Gasteiger partial charge in [0.2, 0.25) is 82.7 Å². The smallest absolute Gasteiger partial charge is 0.490 e. The molecule has 0 unspecified atom stereocenters. The van der Waals surface area contributed by atoms with Gasteiger partial charge in [-0.05, 0) is 134 Å². The summed E-state index contributed by atoms with van der Waals surface area (Å²) in [6, 6.07) is -13.0. The van der Waals surface area contributed by atoms with E-state index in [2.05, 4.69) is 47.9 Å². The molecule has 0 bridgehead atoms. The standard InChI is InChI=1S/C71H111N15O19.C2HF3O2/c1-6-8-9-10-11-12-19-46-60(94)76-48(30-32-56(91)92)63(97)82-58(42(5)88)67(101)74-41(4)59(93)80-50(39-87)64(98)81-57(40(3)7-2)71(105)86-37-18-24-54(86)70(104)84-35-16-22-52(84)66(100)78-47(29-31-55(73)90)62(96)75-45(20-13-14-33-72)61(95)79-49(38-43-25-27-44(89)28-26-43)68(102)85-36-17-23-53(85)69(103)83-34-15-21-51(83)65(99)77-46;3-2(4,5)1(6)7/h25-28,40-42,45-54,57-58,87-89H,6-24,29-39,72H2,1-5H3,(H2,73,90)(H,74,101)(H,75,96)(H,76,94)(H,77,99)(H,78,100)(H,79,95)(H,80,93)(H,81,98)(H,82,97)(H,91,92);(H,6,7)/t40-,41-,42+,45-,46-,47-,48-,49-,50-,51-,52-,53+,54-,57-,58-;/m0./s1. The topological polar surface area (TPSA) is 548 Å². The fourth-order valence-corrected chi connectivity index (χ4v) is 14.1. The van der Waals surface area contributed by atoms with Crippen molar-refractivity contribution in [1.82, 2.24) is 67.5 Å². The van der Waals surface area contributed by atoms with Gasteiger partial charge in [0.05, 0.1) is 12.7 Å². The number of fused-ring (bicyclic) bond motifs is 4. The number of nitrogens with one attached hydrogen (secondary N) is 9. The number of amides is 14. The van der Waals surface area contributed by atoms with Gasteiger partial charge >= 0.3 is 18.1 Å². The summed E-state index contributed by atoms with van der Waals surface area (Å²) in [7, 11) is 0. The van der Waals surface area contributed by atoms with Gasteiger partial charge in [0.1, 0.15) is 84.3 Å². The number of carboxylic acids is 2. The Morgan fingerprint density at radius 1 is 0.491 bits per heavy atom. The molecule has 1 aromatic carbocycles. The summed E-state index contributed by atoms with van der Waals surface area (Å²) in [5, 5.41) is 71.8. The molecule has 6 rings (SSSR count). The number of nitrogens with two attached hydrogens (primary N) is 2. The SMILES string of the molecule is CCCCCCCC[C@@H]1NC(=O)[C@@H]2CCCN2C(=O)[C@H]2CCCN2C(=O)[C@H](Cc2ccc(O)cc2)NC(=O)[C@H](CCCCN)NC(=O)[C@H](CCC(N)=O)NC(=O)[C@@H]2CCCN2C(=O)[C@@H]2CCCN2C(=O)[C@H]([C@@H](C)CC)NC(=O)[C@H](CO)NC(=O)[C@H](C)NC(=O)[C@H]([C@@H](C)O)NC(=O)[C@H](CCC(=O)O)NC1=O.O=C(O)C(F)(F)F. The summed E-state index contributed by atoms with van der Waals surface area (Å²) in [5.41, 5.74) is 11.9. The van der Waals surface area contributed by atoms with Crippen LogP contribution in [0.25, 0.3) is 0 Å². The fourth-order valence-electron chi connectivity index (χ4n) is 14.1. The molecule has 14 amide bonds. The van der Waals surface area contributed by atoms with Crippen molar-refractivity contribution in [2.75, 3.05) is 39.3 Å². The number of primary amides is 1. The van der Waals surface area contributed by atoms with E-state index in [4.69, 9.17) is 21.4 Å². The summed E-state index contributed by atoms with van der Waals surface area (Å²) in [6.45, 7) is 7.09. The van der Waals surface area contributed by atoms with Crippen LogP contribution in [0.2, 0.25) is 0 Å². The Labute approximate surface area is 647 Å². The third kappa shape index (κ3) is 27.6. The zero-order valence-corrected chi connectivity index (χ0v) is 64.0. The zero-order valence-electron chi connectivity index (χ0n) is 64.0. The Hall–Kier alpha value is -9.79. The van der Waals surface area contributed by atoms with E-state index < -0.39 is 217 Å². The minimum Gasteiger partial charge on any atom is -0.508 e. The molecular weight excluding hydrogens is 1480 g/mol. The highest BCUT2D eigenvalue weighted by molar-refractivity contribution is 6.01. The van der Waals surface area contributed by atoms with Gasteiger partial charge in [0.25, 0.3) is 0 Å². The summed E-state index contributed by atoms with van der Waals surface area (Å²) >= 11 is 0. The molecule has 5 aliphatic heterocycles. The summed E-state index contributed by atoms with van der Waals surface area (Å²) in [5.74, 6) is -17.0. The third-order valence-corrected chi connectivity index (χ3v) is 20.6. The molecule has 0 aromatic heterocycles. The predicted molar refractivity (Wildman–Crippen MR) is 392 cm³/mol. The Balaban J connectivity index is 0.00000305. The molecule has 5 aliphatic rings. The molecule has 15 atom stereocenters. The molecule has 5 fully saturated rings. The maximum atomic E-state index is 15.3. The van der Waals surface area contributed by atoms with E-state index in [0.29, 0.717) is 56.9 Å². The van der Waals surface area contributed by atoms with Crippen molar-refractivity contribution in [2.45, 2.75) is 280 Å². The van der Waals surface area contributed by atoms with Crippen LogP contribution in [0.4, 0.5) is 13.2 Å². The number of carbonyl (C=O) groups is 16. The number of nitrogens with zero attached hydrogens (tertiary/aromatic N) is 4. The molecule has 39 heteroatoms. The molecule has 0 saturated carbocycles. The quantitative estimate of drug-likeness (QED) is 0.0546.